The smallest absolute Gasteiger partial charge is 0.276 e. The lowest BCUT2D eigenvalue weighted by Gasteiger charge is -2.12. The summed E-state index contributed by atoms with van der Waals surface area (Å²) < 4.78 is 7.71. The highest BCUT2D eigenvalue weighted by molar-refractivity contribution is 7.25. The van der Waals surface area contributed by atoms with Crippen LogP contribution < -0.4 is 10.3 Å². The quantitative estimate of drug-likeness (QED) is 0.374. The molecule has 0 saturated heterocycles. The normalized spacial score (nSPS) is 13.1. The summed E-state index contributed by atoms with van der Waals surface area (Å²) in [6.45, 7) is 1.89. The minimum atomic E-state index is -0.0393. The van der Waals surface area contributed by atoms with Crippen LogP contribution in [0.5, 0.6) is 5.75 Å². The number of pyridine rings is 1. The van der Waals surface area contributed by atoms with E-state index in [0.717, 1.165) is 57.7 Å². The highest BCUT2D eigenvalue weighted by Crippen LogP contribution is 2.43. The number of aryl methyl sites for hydroxylation is 2. The van der Waals surface area contributed by atoms with Crippen molar-refractivity contribution in [1.29, 1.82) is 0 Å². The summed E-state index contributed by atoms with van der Waals surface area (Å²) in [7, 11) is 1.67. The molecule has 0 atom stereocenters. The van der Waals surface area contributed by atoms with Gasteiger partial charge >= 0.3 is 0 Å². The Balaban J connectivity index is 1.71. The van der Waals surface area contributed by atoms with E-state index in [9.17, 15) is 4.79 Å². The van der Waals surface area contributed by atoms with Gasteiger partial charge in [-0.2, -0.15) is 0 Å². The molecule has 1 aliphatic carbocycles. The second kappa shape index (κ2) is 7.28. The van der Waals surface area contributed by atoms with Gasteiger partial charge in [-0.25, -0.2) is 9.97 Å². The molecule has 0 saturated carbocycles. The first-order valence-electron chi connectivity index (χ1n) is 10.7. The molecule has 6 rings (SSSR count). The predicted molar refractivity (Wildman–Crippen MR) is 129 cm³/mol. The van der Waals surface area contributed by atoms with Gasteiger partial charge < -0.3 is 4.74 Å². The number of benzene rings is 2. The topological polar surface area (TPSA) is 57.0 Å². The summed E-state index contributed by atoms with van der Waals surface area (Å²) in [6.07, 6.45) is 3.08. The molecule has 3 heterocycles. The lowest BCUT2D eigenvalue weighted by atomic mass is 9.96. The zero-order valence-electron chi connectivity index (χ0n) is 17.9. The third-order valence-corrected chi connectivity index (χ3v) is 7.29. The maximum Gasteiger partial charge on any atom is 0.276 e. The van der Waals surface area contributed by atoms with Crippen molar-refractivity contribution in [2.45, 2.75) is 26.2 Å². The molecule has 2 aromatic carbocycles. The van der Waals surface area contributed by atoms with Gasteiger partial charge in [0.15, 0.2) is 0 Å². The molecule has 0 aliphatic heterocycles. The third kappa shape index (κ3) is 2.79. The summed E-state index contributed by atoms with van der Waals surface area (Å²) in [5.41, 5.74) is 6.26. The van der Waals surface area contributed by atoms with Gasteiger partial charge in [-0.3, -0.25) is 9.36 Å². The fourth-order valence-electron chi connectivity index (χ4n) is 4.78. The van der Waals surface area contributed by atoms with Gasteiger partial charge in [0.05, 0.1) is 18.3 Å². The minimum Gasteiger partial charge on any atom is -0.497 e. The van der Waals surface area contributed by atoms with E-state index in [2.05, 4.69) is 12.1 Å². The van der Waals surface area contributed by atoms with E-state index in [1.54, 1.807) is 11.7 Å². The highest BCUT2D eigenvalue weighted by Gasteiger charge is 2.25. The van der Waals surface area contributed by atoms with Gasteiger partial charge in [0, 0.05) is 11.1 Å². The zero-order chi connectivity index (χ0) is 21.8. The maximum atomic E-state index is 13.6. The number of fused-ring (bicyclic) bond motifs is 4. The molecular formula is C26H21N3O2S. The van der Waals surface area contributed by atoms with Crippen molar-refractivity contribution >= 4 is 31.8 Å². The second-order valence-electron chi connectivity index (χ2n) is 8.09. The van der Waals surface area contributed by atoms with E-state index < -0.39 is 0 Å². The van der Waals surface area contributed by atoms with Gasteiger partial charge in [0.25, 0.3) is 5.56 Å². The van der Waals surface area contributed by atoms with Gasteiger partial charge in [0.2, 0.25) is 0 Å². The summed E-state index contributed by atoms with van der Waals surface area (Å²) >= 11 is 1.46. The Morgan fingerprint density at radius 1 is 1.00 bits per heavy atom. The Morgan fingerprint density at radius 3 is 2.53 bits per heavy atom. The first kappa shape index (κ1) is 19.2. The number of aromatic nitrogens is 3. The molecule has 0 bridgehead atoms. The van der Waals surface area contributed by atoms with Gasteiger partial charge in [-0.15, -0.1) is 11.3 Å². The van der Waals surface area contributed by atoms with Crippen LogP contribution in [0.2, 0.25) is 0 Å². The number of nitrogens with zero attached hydrogens (tertiary/aromatic N) is 3. The van der Waals surface area contributed by atoms with Gasteiger partial charge in [-0.05, 0) is 67.1 Å². The van der Waals surface area contributed by atoms with Crippen LogP contribution >= 0.6 is 11.3 Å². The average Bonchev–Trinajstić information content (AvgIpc) is 3.43. The molecule has 5 aromatic rings. The number of hydrogen-bond donors (Lipinski definition) is 0. The Kier molecular flexibility index (Phi) is 4.36. The molecule has 158 valence electrons. The van der Waals surface area contributed by atoms with Crippen LogP contribution in [0.3, 0.4) is 0 Å². The van der Waals surface area contributed by atoms with Crippen molar-refractivity contribution in [1.82, 2.24) is 14.5 Å². The van der Waals surface area contributed by atoms with E-state index in [4.69, 9.17) is 14.7 Å². The van der Waals surface area contributed by atoms with Crippen LogP contribution in [0.25, 0.3) is 37.2 Å². The zero-order valence-corrected chi connectivity index (χ0v) is 18.7. The third-order valence-electron chi connectivity index (χ3n) is 6.23. The molecule has 6 heteroatoms. The van der Waals surface area contributed by atoms with Gasteiger partial charge in [0.1, 0.15) is 21.1 Å². The maximum absolute atomic E-state index is 13.6. The standard InChI is InChI=1S/C26H21N3O2S/c1-15-27-23-22-21(16-11-13-18(31-2)14-12-16)19-9-6-10-20(19)28-25(22)32-24(23)26(30)29(15)17-7-4-3-5-8-17/h3-5,7-8,11-14H,6,9-10H2,1-2H3. The van der Waals surface area contributed by atoms with Crippen molar-refractivity contribution in [3.05, 3.63) is 82.0 Å². The second-order valence-corrected chi connectivity index (χ2v) is 9.09. The molecule has 0 amide bonds. The summed E-state index contributed by atoms with van der Waals surface area (Å²) in [6, 6.07) is 17.8. The predicted octanol–water partition coefficient (Wildman–Crippen LogP) is 5.47. The van der Waals surface area contributed by atoms with Crippen LogP contribution in [-0.2, 0) is 12.8 Å². The molecule has 0 fully saturated rings. The number of thiophene rings is 1. The van der Waals surface area contributed by atoms with E-state index in [-0.39, 0.29) is 5.56 Å². The Hall–Kier alpha value is -3.51. The number of methoxy groups -OCH3 is 1. The van der Waals surface area contributed by atoms with Crippen LogP contribution in [-0.4, -0.2) is 21.6 Å². The van der Waals surface area contributed by atoms with Crippen molar-refractivity contribution < 1.29 is 4.74 Å². The number of para-hydroxylation sites is 1. The van der Waals surface area contributed by atoms with E-state index in [1.165, 1.54) is 22.5 Å². The monoisotopic (exact) mass is 439 g/mol. The minimum absolute atomic E-state index is 0.0393. The molecule has 0 radical (unpaired) electrons. The number of ether oxygens (including phenoxy) is 1. The molecule has 0 N–H and O–H groups in total. The van der Waals surface area contributed by atoms with Gasteiger partial charge in [-0.1, -0.05) is 30.3 Å². The van der Waals surface area contributed by atoms with Crippen molar-refractivity contribution in [3.8, 4) is 22.6 Å². The number of rotatable bonds is 3. The molecule has 5 nitrogen and oxygen atoms in total. The van der Waals surface area contributed by atoms with Crippen molar-refractivity contribution in [3.63, 3.8) is 0 Å². The van der Waals surface area contributed by atoms with E-state index in [0.29, 0.717) is 10.5 Å². The van der Waals surface area contributed by atoms with Crippen LogP contribution in [0.15, 0.2) is 59.4 Å². The highest BCUT2D eigenvalue weighted by atomic mass is 32.1. The molecule has 3 aromatic heterocycles. The largest absolute Gasteiger partial charge is 0.497 e. The SMILES string of the molecule is COc1ccc(-c2c3c(nc4sc5c(=O)n(-c6ccccc6)c(C)nc5c24)CCC3)cc1. The summed E-state index contributed by atoms with van der Waals surface area (Å²) in [5, 5.41) is 0.997. The molecule has 0 unspecified atom stereocenters. The molecule has 32 heavy (non-hydrogen) atoms. The Morgan fingerprint density at radius 2 is 1.78 bits per heavy atom. The van der Waals surface area contributed by atoms with E-state index >= 15 is 0 Å². The summed E-state index contributed by atoms with van der Waals surface area (Å²) in [5.74, 6) is 1.50. The fraction of sp³-hybridized carbons (Fsp3) is 0.192. The van der Waals surface area contributed by atoms with Crippen LogP contribution in [0.1, 0.15) is 23.5 Å². The first-order chi connectivity index (χ1) is 15.7. The molecule has 0 spiro atoms. The summed E-state index contributed by atoms with van der Waals surface area (Å²) in [4.78, 5) is 24.4. The fourth-order valence-corrected chi connectivity index (χ4v) is 5.85. The molecular weight excluding hydrogens is 418 g/mol. The van der Waals surface area contributed by atoms with Crippen molar-refractivity contribution in [2.75, 3.05) is 7.11 Å². The van der Waals surface area contributed by atoms with E-state index in [1.807, 2.05) is 49.4 Å². The average molecular weight is 440 g/mol. The lowest BCUT2D eigenvalue weighted by Crippen LogP contribution is -2.21. The number of hydrogen-bond acceptors (Lipinski definition) is 5. The molecule has 1 aliphatic rings. The lowest BCUT2D eigenvalue weighted by molar-refractivity contribution is 0.415. The Bertz CT molecular complexity index is 1550. The van der Waals surface area contributed by atoms with Crippen LogP contribution in [0.4, 0.5) is 0 Å². The van der Waals surface area contributed by atoms with Crippen LogP contribution in [0, 0.1) is 6.92 Å². The Labute approximate surface area is 189 Å². The van der Waals surface area contributed by atoms with Crippen molar-refractivity contribution in [2.24, 2.45) is 0 Å². The first-order valence-corrected chi connectivity index (χ1v) is 11.5.